The predicted octanol–water partition coefficient (Wildman–Crippen LogP) is 5.13. The van der Waals surface area contributed by atoms with E-state index in [1.54, 1.807) is 11.3 Å². The first-order valence-corrected chi connectivity index (χ1v) is 10.7. The zero-order valence-corrected chi connectivity index (χ0v) is 17.2. The quantitative estimate of drug-likeness (QED) is 0.478. The third kappa shape index (κ3) is 3.84. The van der Waals surface area contributed by atoms with Gasteiger partial charge in [0, 0.05) is 53.8 Å². The van der Waals surface area contributed by atoms with Gasteiger partial charge in [-0.2, -0.15) is 0 Å². The first kappa shape index (κ1) is 18.2. The monoisotopic (exact) mass is 398 g/mol. The fourth-order valence-corrected chi connectivity index (χ4v) is 4.84. The van der Waals surface area contributed by atoms with Gasteiger partial charge in [0.05, 0.1) is 16.4 Å². The molecule has 0 saturated carbocycles. The van der Waals surface area contributed by atoms with E-state index in [9.17, 15) is 0 Å². The zero-order chi connectivity index (χ0) is 19.6. The Balaban J connectivity index is 1.36. The molecule has 1 aliphatic heterocycles. The van der Waals surface area contributed by atoms with Crippen molar-refractivity contribution in [2.24, 2.45) is 0 Å². The second kappa shape index (κ2) is 7.85. The van der Waals surface area contributed by atoms with E-state index in [1.165, 1.54) is 21.7 Å². The van der Waals surface area contributed by atoms with Gasteiger partial charge >= 0.3 is 0 Å². The van der Waals surface area contributed by atoms with Gasteiger partial charge in [0.1, 0.15) is 0 Å². The van der Waals surface area contributed by atoms with E-state index in [1.807, 2.05) is 30.5 Å². The first-order valence-electron chi connectivity index (χ1n) is 9.90. The van der Waals surface area contributed by atoms with Gasteiger partial charge in [-0.3, -0.25) is 4.90 Å². The van der Waals surface area contributed by atoms with Gasteiger partial charge in [0.25, 0.3) is 0 Å². The van der Waals surface area contributed by atoms with Gasteiger partial charge in [-0.1, -0.05) is 60.7 Å². The van der Waals surface area contributed by atoms with Crippen molar-refractivity contribution in [3.05, 3.63) is 88.0 Å². The third-order valence-corrected chi connectivity index (χ3v) is 6.22. The molecular formula is C24H22N4S. The number of aromatic nitrogens is 3. The van der Waals surface area contributed by atoms with E-state index in [2.05, 4.69) is 53.2 Å². The standard InChI is InChI=1S/C24H22N4S/c1-17-26-23(18-8-4-2-5-9-18)22(29-17)16-28-13-12-21-20(15-28)14-25-24(27-21)19-10-6-3-7-11-19/h2-11,14H,12-13,15-16H2,1H3. The molecule has 144 valence electrons. The van der Waals surface area contributed by atoms with Crippen LogP contribution in [0.5, 0.6) is 0 Å². The molecule has 4 aromatic rings. The Morgan fingerprint density at radius 1 is 0.931 bits per heavy atom. The van der Waals surface area contributed by atoms with Crippen molar-refractivity contribution in [2.75, 3.05) is 6.54 Å². The van der Waals surface area contributed by atoms with Gasteiger partial charge < -0.3 is 0 Å². The molecule has 5 rings (SSSR count). The second-order valence-electron chi connectivity index (χ2n) is 7.36. The fourth-order valence-electron chi connectivity index (χ4n) is 3.84. The molecule has 0 unspecified atom stereocenters. The molecule has 4 nitrogen and oxygen atoms in total. The third-order valence-electron chi connectivity index (χ3n) is 5.26. The van der Waals surface area contributed by atoms with E-state index >= 15 is 0 Å². The summed E-state index contributed by atoms with van der Waals surface area (Å²) in [6.07, 6.45) is 2.96. The number of rotatable bonds is 4. The van der Waals surface area contributed by atoms with Gasteiger partial charge in [0.2, 0.25) is 0 Å². The summed E-state index contributed by atoms with van der Waals surface area (Å²) in [5.41, 5.74) is 5.80. The highest BCUT2D eigenvalue weighted by molar-refractivity contribution is 7.12. The topological polar surface area (TPSA) is 41.9 Å². The van der Waals surface area contributed by atoms with Crippen molar-refractivity contribution in [3.8, 4) is 22.6 Å². The molecule has 0 radical (unpaired) electrons. The average molecular weight is 399 g/mol. The molecule has 0 bridgehead atoms. The molecule has 0 N–H and O–H groups in total. The Kier molecular flexibility index (Phi) is 4.92. The summed E-state index contributed by atoms with van der Waals surface area (Å²) in [4.78, 5) is 18.1. The Hall–Kier alpha value is -2.89. The number of fused-ring (bicyclic) bond motifs is 1. The normalized spacial score (nSPS) is 14.0. The molecule has 0 spiro atoms. The average Bonchev–Trinajstić information content (AvgIpc) is 3.14. The van der Waals surface area contributed by atoms with Gasteiger partial charge in [-0.05, 0) is 6.92 Å². The van der Waals surface area contributed by atoms with Crippen molar-refractivity contribution in [1.29, 1.82) is 0 Å². The molecule has 5 heteroatoms. The molecule has 2 aromatic heterocycles. The number of aryl methyl sites for hydroxylation is 1. The summed E-state index contributed by atoms with van der Waals surface area (Å²) in [5.74, 6) is 0.822. The Bertz CT molecular complexity index is 1120. The summed E-state index contributed by atoms with van der Waals surface area (Å²) in [6.45, 7) is 4.89. The number of hydrogen-bond donors (Lipinski definition) is 0. The molecular weight excluding hydrogens is 376 g/mol. The highest BCUT2D eigenvalue weighted by Gasteiger charge is 2.21. The summed E-state index contributed by atoms with van der Waals surface area (Å²) >= 11 is 1.80. The molecule has 0 aliphatic carbocycles. The molecule has 0 amide bonds. The van der Waals surface area contributed by atoms with Crippen LogP contribution in [0.3, 0.4) is 0 Å². The molecule has 29 heavy (non-hydrogen) atoms. The van der Waals surface area contributed by atoms with Crippen LogP contribution in [0.15, 0.2) is 66.9 Å². The van der Waals surface area contributed by atoms with E-state index in [4.69, 9.17) is 9.97 Å². The van der Waals surface area contributed by atoms with Crippen LogP contribution >= 0.6 is 11.3 Å². The SMILES string of the molecule is Cc1nc(-c2ccccc2)c(CN2CCc3nc(-c4ccccc4)ncc3C2)s1. The van der Waals surface area contributed by atoms with E-state index < -0.39 is 0 Å². The van der Waals surface area contributed by atoms with Gasteiger partial charge in [0.15, 0.2) is 5.82 Å². The number of thiazole rings is 1. The molecule has 1 aliphatic rings. The first-order chi connectivity index (χ1) is 14.3. The summed E-state index contributed by atoms with van der Waals surface area (Å²) in [5, 5.41) is 1.12. The lowest BCUT2D eigenvalue weighted by Crippen LogP contribution is -2.30. The molecule has 0 atom stereocenters. The highest BCUT2D eigenvalue weighted by Crippen LogP contribution is 2.30. The largest absolute Gasteiger partial charge is 0.293 e. The van der Waals surface area contributed by atoms with E-state index in [-0.39, 0.29) is 0 Å². The van der Waals surface area contributed by atoms with Crippen LogP contribution in [0, 0.1) is 6.92 Å². The molecule has 0 fully saturated rings. The maximum atomic E-state index is 4.85. The van der Waals surface area contributed by atoms with Crippen molar-refractivity contribution in [3.63, 3.8) is 0 Å². The van der Waals surface area contributed by atoms with Crippen LogP contribution in [-0.4, -0.2) is 26.4 Å². The summed E-state index contributed by atoms with van der Waals surface area (Å²) in [6, 6.07) is 20.7. The van der Waals surface area contributed by atoms with E-state index in [0.717, 1.165) is 48.1 Å². The lowest BCUT2D eigenvalue weighted by Gasteiger charge is -2.27. The fraction of sp³-hybridized carbons (Fsp3) is 0.208. The van der Waals surface area contributed by atoms with Gasteiger partial charge in [-0.25, -0.2) is 15.0 Å². The smallest absolute Gasteiger partial charge is 0.159 e. The number of nitrogens with zero attached hydrogens (tertiary/aromatic N) is 4. The van der Waals surface area contributed by atoms with Crippen LogP contribution < -0.4 is 0 Å². The zero-order valence-electron chi connectivity index (χ0n) is 16.4. The maximum Gasteiger partial charge on any atom is 0.159 e. The molecule has 2 aromatic carbocycles. The van der Waals surface area contributed by atoms with Crippen molar-refractivity contribution in [2.45, 2.75) is 26.4 Å². The lowest BCUT2D eigenvalue weighted by atomic mass is 10.1. The Morgan fingerprint density at radius 3 is 2.41 bits per heavy atom. The van der Waals surface area contributed by atoms with Crippen LogP contribution in [0.2, 0.25) is 0 Å². The van der Waals surface area contributed by atoms with Gasteiger partial charge in [-0.15, -0.1) is 11.3 Å². The Morgan fingerprint density at radius 2 is 1.66 bits per heavy atom. The van der Waals surface area contributed by atoms with Crippen LogP contribution in [0.1, 0.15) is 21.1 Å². The minimum Gasteiger partial charge on any atom is -0.293 e. The van der Waals surface area contributed by atoms with E-state index in [0.29, 0.717) is 0 Å². The van der Waals surface area contributed by atoms with Crippen LogP contribution in [-0.2, 0) is 19.5 Å². The summed E-state index contributed by atoms with van der Waals surface area (Å²) < 4.78 is 0. The van der Waals surface area contributed by atoms with Crippen LogP contribution in [0.25, 0.3) is 22.6 Å². The highest BCUT2D eigenvalue weighted by atomic mass is 32.1. The summed E-state index contributed by atoms with van der Waals surface area (Å²) in [7, 11) is 0. The molecule has 3 heterocycles. The number of hydrogen-bond acceptors (Lipinski definition) is 5. The van der Waals surface area contributed by atoms with Crippen molar-refractivity contribution < 1.29 is 0 Å². The molecule has 0 saturated heterocycles. The van der Waals surface area contributed by atoms with Crippen molar-refractivity contribution >= 4 is 11.3 Å². The number of benzene rings is 2. The lowest BCUT2D eigenvalue weighted by molar-refractivity contribution is 0.245. The second-order valence-corrected chi connectivity index (χ2v) is 8.65. The minimum atomic E-state index is 0.822. The minimum absolute atomic E-state index is 0.822. The van der Waals surface area contributed by atoms with Crippen LogP contribution in [0.4, 0.5) is 0 Å². The maximum absolute atomic E-state index is 4.85. The Labute approximate surface area is 174 Å². The van der Waals surface area contributed by atoms with Crippen molar-refractivity contribution in [1.82, 2.24) is 19.9 Å². The predicted molar refractivity (Wildman–Crippen MR) is 118 cm³/mol.